The third-order valence-corrected chi connectivity index (χ3v) is 4.79. The van der Waals surface area contributed by atoms with Gasteiger partial charge in [-0.15, -0.1) is 0 Å². The van der Waals surface area contributed by atoms with Crippen molar-refractivity contribution < 1.29 is 9.84 Å². The Hall–Kier alpha value is -0.550. The highest BCUT2D eigenvalue weighted by atomic mass is 79.9. The van der Waals surface area contributed by atoms with E-state index in [0.29, 0.717) is 17.2 Å². The third kappa shape index (κ3) is 2.75. The van der Waals surface area contributed by atoms with Gasteiger partial charge in [-0.1, -0.05) is 43.5 Å². The lowest BCUT2D eigenvalue weighted by Gasteiger charge is -2.30. The van der Waals surface area contributed by atoms with Crippen LogP contribution in [0.15, 0.2) is 45.3 Å². The Labute approximate surface area is 139 Å². The van der Waals surface area contributed by atoms with Gasteiger partial charge in [-0.25, -0.2) is 0 Å². The van der Waals surface area contributed by atoms with Crippen LogP contribution < -0.4 is 4.74 Å². The highest BCUT2D eigenvalue weighted by Crippen LogP contribution is 2.43. The predicted molar refractivity (Wildman–Crippen MR) is 86.2 cm³/mol. The van der Waals surface area contributed by atoms with Crippen LogP contribution in [0.1, 0.15) is 29.8 Å². The van der Waals surface area contributed by atoms with Gasteiger partial charge < -0.3 is 9.84 Å². The van der Waals surface area contributed by atoms with E-state index in [1.54, 1.807) is 0 Å². The van der Waals surface area contributed by atoms with Crippen molar-refractivity contribution in [2.75, 3.05) is 0 Å². The van der Waals surface area contributed by atoms with E-state index in [1.807, 2.05) is 36.4 Å². The summed E-state index contributed by atoms with van der Waals surface area (Å²) in [6.45, 7) is 0. The Bertz CT molecular complexity index is 660. The van der Waals surface area contributed by atoms with E-state index in [-0.39, 0.29) is 6.10 Å². The summed E-state index contributed by atoms with van der Waals surface area (Å²) in [4.78, 5) is 0. The molecule has 20 heavy (non-hydrogen) atoms. The van der Waals surface area contributed by atoms with Crippen molar-refractivity contribution in [3.63, 3.8) is 0 Å². The SMILES string of the molecule is O[C@H]1CC(c2cc(Cl)ccc2Br)Oc2ccc(Br)cc21. The minimum absolute atomic E-state index is 0.216. The minimum atomic E-state index is -0.549. The molecule has 2 nitrogen and oxygen atoms in total. The summed E-state index contributed by atoms with van der Waals surface area (Å²) >= 11 is 13.0. The number of hydrogen-bond donors (Lipinski definition) is 1. The van der Waals surface area contributed by atoms with Crippen molar-refractivity contribution in [1.29, 1.82) is 0 Å². The van der Waals surface area contributed by atoms with Gasteiger partial charge in [0.1, 0.15) is 11.9 Å². The molecule has 2 aromatic carbocycles. The first kappa shape index (κ1) is 14.4. The average Bonchev–Trinajstić information content (AvgIpc) is 2.42. The molecule has 1 heterocycles. The van der Waals surface area contributed by atoms with E-state index >= 15 is 0 Å². The lowest BCUT2D eigenvalue weighted by Crippen LogP contribution is -2.19. The zero-order valence-corrected chi connectivity index (χ0v) is 14.2. The summed E-state index contributed by atoms with van der Waals surface area (Å²) in [6.07, 6.45) is -0.263. The van der Waals surface area contributed by atoms with Gasteiger partial charge in [0.05, 0.1) is 6.10 Å². The van der Waals surface area contributed by atoms with Crippen LogP contribution in [0, 0.1) is 0 Å². The summed E-state index contributed by atoms with van der Waals surface area (Å²) < 4.78 is 7.87. The number of halogens is 3. The molecule has 3 rings (SSSR count). The van der Waals surface area contributed by atoms with Crippen LogP contribution in [-0.2, 0) is 0 Å². The van der Waals surface area contributed by atoms with E-state index in [4.69, 9.17) is 16.3 Å². The van der Waals surface area contributed by atoms with Crippen LogP contribution in [0.2, 0.25) is 5.02 Å². The Kier molecular flexibility index (Phi) is 4.09. The van der Waals surface area contributed by atoms with Gasteiger partial charge in [0.25, 0.3) is 0 Å². The molecular formula is C15H11Br2ClO2. The molecule has 1 aliphatic heterocycles. The van der Waals surface area contributed by atoms with Crippen LogP contribution in [0.25, 0.3) is 0 Å². The molecule has 2 atom stereocenters. The number of rotatable bonds is 1. The standard InChI is InChI=1S/C15H11Br2ClO2/c16-8-1-4-14-11(5-8)13(19)7-15(20-14)10-6-9(18)2-3-12(10)17/h1-6,13,15,19H,7H2/t13-,15?/m0/s1. The normalized spacial score (nSPS) is 21.2. The summed E-state index contributed by atoms with van der Waals surface area (Å²) in [5, 5.41) is 11.0. The zero-order valence-electron chi connectivity index (χ0n) is 10.3. The molecular weight excluding hydrogens is 407 g/mol. The maximum absolute atomic E-state index is 10.3. The van der Waals surface area contributed by atoms with Crippen LogP contribution in [-0.4, -0.2) is 5.11 Å². The van der Waals surface area contributed by atoms with Gasteiger partial charge in [-0.2, -0.15) is 0 Å². The third-order valence-electron chi connectivity index (χ3n) is 3.34. The molecule has 1 unspecified atom stereocenters. The lowest BCUT2D eigenvalue weighted by atomic mass is 9.95. The van der Waals surface area contributed by atoms with E-state index in [0.717, 1.165) is 20.1 Å². The van der Waals surface area contributed by atoms with Crippen LogP contribution in [0.5, 0.6) is 5.75 Å². The number of aliphatic hydroxyl groups excluding tert-OH is 1. The van der Waals surface area contributed by atoms with Gasteiger partial charge in [-0.3, -0.25) is 0 Å². The second kappa shape index (κ2) is 5.68. The van der Waals surface area contributed by atoms with E-state index < -0.39 is 6.10 Å². The minimum Gasteiger partial charge on any atom is -0.485 e. The van der Waals surface area contributed by atoms with Crippen molar-refractivity contribution in [2.24, 2.45) is 0 Å². The molecule has 0 amide bonds. The highest BCUT2D eigenvalue weighted by Gasteiger charge is 2.29. The lowest BCUT2D eigenvalue weighted by molar-refractivity contribution is 0.0653. The number of hydrogen-bond acceptors (Lipinski definition) is 2. The van der Waals surface area contributed by atoms with Crippen molar-refractivity contribution in [1.82, 2.24) is 0 Å². The van der Waals surface area contributed by atoms with Crippen molar-refractivity contribution in [3.8, 4) is 5.75 Å². The molecule has 1 aliphatic rings. The molecule has 0 aliphatic carbocycles. The molecule has 2 aromatic rings. The summed E-state index contributed by atoms with van der Waals surface area (Å²) in [5.74, 6) is 0.712. The number of benzene rings is 2. The summed E-state index contributed by atoms with van der Waals surface area (Å²) in [7, 11) is 0. The first-order valence-electron chi connectivity index (χ1n) is 6.13. The molecule has 1 N–H and O–H groups in total. The second-order valence-electron chi connectivity index (χ2n) is 4.71. The zero-order chi connectivity index (χ0) is 14.3. The largest absolute Gasteiger partial charge is 0.485 e. The van der Waals surface area contributed by atoms with Crippen LogP contribution in [0.4, 0.5) is 0 Å². The van der Waals surface area contributed by atoms with Crippen LogP contribution >= 0.6 is 43.5 Å². The fourth-order valence-electron chi connectivity index (χ4n) is 2.37. The Balaban J connectivity index is 1.99. The fraction of sp³-hybridized carbons (Fsp3) is 0.200. The number of fused-ring (bicyclic) bond motifs is 1. The fourth-order valence-corrected chi connectivity index (χ4v) is 3.43. The first-order valence-corrected chi connectivity index (χ1v) is 8.10. The Morgan fingerprint density at radius 1 is 1.10 bits per heavy atom. The number of aliphatic hydroxyl groups is 1. The molecule has 0 radical (unpaired) electrons. The molecule has 0 aromatic heterocycles. The predicted octanol–water partition coefficient (Wildman–Crippen LogP) is 5.42. The molecule has 104 valence electrons. The molecule has 0 saturated heterocycles. The van der Waals surface area contributed by atoms with Gasteiger partial charge in [0.2, 0.25) is 0 Å². The van der Waals surface area contributed by atoms with E-state index in [9.17, 15) is 5.11 Å². The van der Waals surface area contributed by atoms with E-state index in [1.165, 1.54) is 0 Å². The van der Waals surface area contributed by atoms with Gasteiger partial charge in [-0.05, 0) is 36.4 Å². The van der Waals surface area contributed by atoms with Crippen LogP contribution in [0.3, 0.4) is 0 Å². The maximum Gasteiger partial charge on any atom is 0.128 e. The second-order valence-corrected chi connectivity index (χ2v) is 6.91. The highest BCUT2D eigenvalue weighted by molar-refractivity contribution is 9.10. The van der Waals surface area contributed by atoms with Crippen molar-refractivity contribution in [2.45, 2.75) is 18.6 Å². The molecule has 0 fully saturated rings. The van der Waals surface area contributed by atoms with Gasteiger partial charge in [0.15, 0.2) is 0 Å². The maximum atomic E-state index is 10.3. The monoisotopic (exact) mass is 416 g/mol. The topological polar surface area (TPSA) is 29.5 Å². The number of ether oxygens (including phenoxy) is 1. The first-order chi connectivity index (χ1) is 9.54. The quantitative estimate of drug-likeness (QED) is 0.670. The molecule has 0 saturated carbocycles. The van der Waals surface area contributed by atoms with Crippen molar-refractivity contribution in [3.05, 3.63) is 61.5 Å². The van der Waals surface area contributed by atoms with Gasteiger partial charge in [0, 0.05) is 31.5 Å². The molecule has 0 bridgehead atoms. The van der Waals surface area contributed by atoms with Gasteiger partial charge >= 0.3 is 0 Å². The summed E-state index contributed by atoms with van der Waals surface area (Å²) in [5.41, 5.74) is 1.76. The Morgan fingerprint density at radius 2 is 1.90 bits per heavy atom. The summed E-state index contributed by atoms with van der Waals surface area (Å²) in [6, 6.07) is 11.2. The smallest absolute Gasteiger partial charge is 0.128 e. The average molecular weight is 419 g/mol. The molecule has 5 heteroatoms. The van der Waals surface area contributed by atoms with Crippen molar-refractivity contribution >= 4 is 43.5 Å². The van der Waals surface area contributed by atoms with E-state index in [2.05, 4.69) is 31.9 Å². The Morgan fingerprint density at radius 3 is 2.70 bits per heavy atom. The molecule has 0 spiro atoms.